The van der Waals surface area contributed by atoms with Crippen molar-refractivity contribution in [3.8, 4) is 0 Å². The first-order chi connectivity index (χ1) is 3.93. The van der Waals surface area contributed by atoms with Gasteiger partial charge in [-0.25, -0.2) is 0 Å². The molecule has 1 nitrogen and oxygen atoms in total. The average molecular weight is 131 g/mol. The molecule has 1 unspecified atom stereocenters. The third kappa shape index (κ3) is 1.67. The van der Waals surface area contributed by atoms with E-state index in [0.29, 0.717) is 0 Å². The van der Waals surface area contributed by atoms with E-state index in [1.165, 1.54) is 24.5 Å². The lowest BCUT2D eigenvalue weighted by Gasteiger charge is -2.04. The summed E-state index contributed by atoms with van der Waals surface area (Å²) < 4.78 is 0. The predicted octanol–water partition coefficient (Wildman–Crippen LogP) is 1.45. The van der Waals surface area contributed by atoms with Gasteiger partial charge in [-0.1, -0.05) is 13.3 Å². The van der Waals surface area contributed by atoms with Crippen LogP contribution in [0, 0.1) is 0 Å². The summed E-state index contributed by atoms with van der Waals surface area (Å²) >= 11 is 2.01. The van der Waals surface area contributed by atoms with Crippen LogP contribution in [0.3, 0.4) is 0 Å². The lowest BCUT2D eigenvalue weighted by atomic mass is 10.2. The lowest BCUT2D eigenvalue weighted by molar-refractivity contribution is 0.575. The Morgan fingerprint density at radius 2 is 2.62 bits per heavy atom. The summed E-state index contributed by atoms with van der Waals surface area (Å²) in [6.45, 7) is 2.24. The fraction of sp³-hybridized carbons (Fsp3) is 1.00. The Morgan fingerprint density at radius 3 is 3.12 bits per heavy atom. The zero-order chi connectivity index (χ0) is 5.82. The molecule has 1 heterocycles. The van der Waals surface area contributed by atoms with Crippen LogP contribution in [0.1, 0.15) is 19.8 Å². The predicted molar refractivity (Wildman–Crippen MR) is 39.2 cm³/mol. The summed E-state index contributed by atoms with van der Waals surface area (Å²) in [6.07, 6.45) is 2.67. The van der Waals surface area contributed by atoms with E-state index in [1.807, 2.05) is 11.8 Å². The van der Waals surface area contributed by atoms with Crippen LogP contribution in [0.15, 0.2) is 0 Å². The van der Waals surface area contributed by atoms with Crippen molar-refractivity contribution >= 4 is 11.8 Å². The summed E-state index contributed by atoms with van der Waals surface area (Å²) in [5.41, 5.74) is 0. The highest BCUT2D eigenvalue weighted by atomic mass is 32.2. The van der Waals surface area contributed by atoms with E-state index in [4.69, 9.17) is 0 Å². The molecule has 0 saturated carbocycles. The second-order valence-electron chi connectivity index (χ2n) is 2.20. The Balaban J connectivity index is 2.06. The van der Waals surface area contributed by atoms with Gasteiger partial charge in [0.1, 0.15) is 0 Å². The van der Waals surface area contributed by atoms with Crippen LogP contribution in [-0.4, -0.2) is 17.7 Å². The van der Waals surface area contributed by atoms with Gasteiger partial charge in [-0.3, -0.25) is 0 Å². The van der Waals surface area contributed by atoms with Gasteiger partial charge in [-0.2, -0.15) is 0 Å². The first-order valence-corrected chi connectivity index (χ1v) is 4.40. The molecule has 0 aromatic heterocycles. The van der Waals surface area contributed by atoms with E-state index >= 15 is 0 Å². The second kappa shape index (κ2) is 3.36. The molecule has 0 amide bonds. The summed E-state index contributed by atoms with van der Waals surface area (Å²) in [6, 6.07) is 0.824. The largest absolute Gasteiger partial charge is 0.304 e. The van der Waals surface area contributed by atoms with E-state index in [2.05, 4.69) is 12.2 Å². The van der Waals surface area contributed by atoms with Crippen LogP contribution in [0.25, 0.3) is 0 Å². The molecule has 2 heteroatoms. The number of rotatable bonds is 2. The van der Waals surface area contributed by atoms with Crippen LogP contribution in [0.2, 0.25) is 0 Å². The number of nitrogens with one attached hydrogen (secondary N) is 1. The van der Waals surface area contributed by atoms with Gasteiger partial charge < -0.3 is 5.32 Å². The van der Waals surface area contributed by atoms with Crippen LogP contribution in [0.4, 0.5) is 0 Å². The van der Waals surface area contributed by atoms with E-state index < -0.39 is 0 Å². The quantitative estimate of drug-likeness (QED) is 0.608. The Hall–Kier alpha value is 0.310. The standard InChI is InChI=1S/C6H13NS/c1-2-3-6-4-8-5-7-6/h6-7H,2-5H2,1H3. The van der Waals surface area contributed by atoms with E-state index in [0.717, 1.165) is 6.04 Å². The molecule has 0 radical (unpaired) electrons. The first-order valence-electron chi connectivity index (χ1n) is 3.24. The molecule has 0 spiro atoms. The summed E-state index contributed by atoms with van der Waals surface area (Å²) in [4.78, 5) is 0. The molecule has 1 atom stereocenters. The highest BCUT2D eigenvalue weighted by molar-refractivity contribution is 7.99. The molecule has 1 saturated heterocycles. The molecule has 0 aromatic carbocycles. The molecule has 8 heavy (non-hydrogen) atoms. The van der Waals surface area contributed by atoms with Crippen molar-refractivity contribution < 1.29 is 0 Å². The van der Waals surface area contributed by atoms with Crippen molar-refractivity contribution in [1.29, 1.82) is 0 Å². The van der Waals surface area contributed by atoms with Crippen molar-refractivity contribution in [2.45, 2.75) is 25.8 Å². The molecular formula is C6H13NS. The monoisotopic (exact) mass is 131 g/mol. The fourth-order valence-electron chi connectivity index (χ4n) is 0.971. The molecule has 1 aliphatic heterocycles. The number of hydrogen-bond acceptors (Lipinski definition) is 2. The summed E-state index contributed by atoms with van der Waals surface area (Å²) in [5.74, 6) is 2.50. The van der Waals surface area contributed by atoms with Gasteiger partial charge in [-0.15, -0.1) is 11.8 Å². The zero-order valence-corrected chi connectivity index (χ0v) is 6.13. The van der Waals surface area contributed by atoms with E-state index in [-0.39, 0.29) is 0 Å². The first kappa shape index (κ1) is 6.43. The van der Waals surface area contributed by atoms with Crippen molar-refractivity contribution in [2.75, 3.05) is 11.6 Å². The highest BCUT2D eigenvalue weighted by Crippen LogP contribution is 2.12. The maximum Gasteiger partial charge on any atom is 0.0420 e. The van der Waals surface area contributed by atoms with Crippen molar-refractivity contribution in [3.05, 3.63) is 0 Å². The van der Waals surface area contributed by atoms with Crippen LogP contribution >= 0.6 is 11.8 Å². The Morgan fingerprint density at radius 1 is 1.75 bits per heavy atom. The number of hydrogen-bond donors (Lipinski definition) is 1. The maximum atomic E-state index is 3.42. The minimum atomic E-state index is 0.824. The van der Waals surface area contributed by atoms with E-state index in [1.54, 1.807) is 0 Å². The SMILES string of the molecule is CCCC1CSCN1. The van der Waals surface area contributed by atoms with Gasteiger partial charge in [0.2, 0.25) is 0 Å². The van der Waals surface area contributed by atoms with Gasteiger partial charge in [0.15, 0.2) is 0 Å². The Bertz CT molecular complexity index is 59.5. The molecule has 1 fully saturated rings. The van der Waals surface area contributed by atoms with Crippen molar-refractivity contribution in [2.24, 2.45) is 0 Å². The normalized spacial score (nSPS) is 28.9. The topological polar surface area (TPSA) is 12.0 Å². The smallest absolute Gasteiger partial charge is 0.0420 e. The summed E-state index contributed by atoms with van der Waals surface area (Å²) in [7, 11) is 0. The molecule has 48 valence electrons. The number of thioether (sulfide) groups is 1. The molecule has 0 aliphatic carbocycles. The van der Waals surface area contributed by atoms with Crippen molar-refractivity contribution in [1.82, 2.24) is 5.32 Å². The van der Waals surface area contributed by atoms with Crippen LogP contribution in [-0.2, 0) is 0 Å². The van der Waals surface area contributed by atoms with Gasteiger partial charge in [-0.05, 0) is 6.42 Å². The fourth-order valence-corrected chi connectivity index (χ4v) is 2.01. The minimum Gasteiger partial charge on any atom is -0.304 e. The molecule has 1 aliphatic rings. The van der Waals surface area contributed by atoms with E-state index in [9.17, 15) is 0 Å². The minimum absolute atomic E-state index is 0.824. The molecule has 1 N–H and O–H groups in total. The Labute approximate surface area is 55.2 Å². The molecule has 1 rings (SSSR count). The lowest BCUT2D eigenvalue weighted by Crippen LogP contribution is -2.22. The van der Waals surface area contributed by atoms with Gasteiger partial charge >= 0.3 is 0 Å². The third-order valence-corrected chi connectivity index (χ3v) is 2.44. The maximum absolute atomic E-state index is 3.42. The summed E-state index contributed by atoms with van der Waals surface area (Å²) in [5, 5.41) is 3.42. The zero-order valence-electron chi connectivity index (χ0n) is 5.31. The van der Waals surface area contributed by atoms with Gasteiger partial charge in [0.05, 0.1) is 0 Å². The molecule has 0 aromatic rings. The van der Waals surface area contributed by atoms with Crippen LogP contribution < -0.4 is 5.32 Å². The second-order valence-corrected chi connectivity index (χ2v) is 3.24. The Kier molecular flexibility index (Phi) is 2.70. The highest BCUT2D eigenvalue weighted by Gasteiger charge is 2.11. The van der Waals surface area contributed by atoms with Gasteiger partial charge in [0, 0.05) is 17.7 Å². The molecule has 0 bridgehead atoms. The van der Waals surface area contributed by atoms with Gasteiger partial charge in [0.25, 0.3) is 0 Å². The van der Waals surface area contributed by atoms with Crippen LogP contribution in [0.5, 0.6) is 0 Å². The average Bonchev–Trinajstić information content (AvgIpc) is 2.19. The third-order valence-electron chi connectivity index (χ3n) is 1.43. The van der Waals surface area contributed by atoms with Crippen molar-refractivity contribution in [3.63, 3.8) is 0 Å². The molecular weight excluding hydrogens is 118 g/mol.